The lowest BCUT2D eigenvalue weighted by Crippen LogP contribution is -2.56. The van der Waals surface area contributed by atoms with Gasteiger partial charge in [-0.25, -0.2) is 0 Å². The standard InChI is InChI=1S/C21H32N2O3/c1-20-7-5-13(23-26-10-9-22)11-17(20)18(24)12-14-15-3-4-19(25)21(15,2)8-6-16(14)20/h14-17H,3-12,22H2,1-2H3/b23-13-/t14?,15?,16?,17?,20-,21+/m1/s1. The van der Waals surface area contributed by atoms with Gasteiger partial charge >= 0.3 is 0 Å². The predicted molar refractivity (Wildman–Crippen MR) is 99.6 cm³/mol. The fourth-order valence-electron chi connectivity index (χ4n) is 6.89. The van der Waals surface area contributed by atoms with Crippen LogP contribution in [-0.2, 0) is 14.4 Å². The number of nitrogens with zero attached hydrogens (tertiary/aromatic N) is 1. The Hall–Kier alpha value is -1.23. The van der Waals surface area contributed by atoms with E-state index in [0.717, 1.165) is 44.2 Å². The van der Waals surface area contributed by atoms with Crippen molar-refractivity contribution >= 4 is 17.3 Å². The van der Waals surface area contributed by atoms with Gasteiger partial charge in [-0.1, -0.05) is 19.0 Å². The van der Waals surface area contributed by atoms with Crippen LogP contribution < -0.4 is 5.73 Å². The summed E-state index contributed by atoms with van der Waals surface area (Å²) in [6.07, 6.45) is 7.13. The molecule has 4 aliphatic rings. The van der Waals surface area contributed by atoms with Crippen LogP contribution in [0.3, 0.4) is 0 Å². The number of ketones is 2. The van der Waals surface area contributed by atoms with Gasteiger partial charge in [0.1, 0.15) is 18.2 Å². The number of hydrogen-bond acceptors (Lipinski definition) is 5. The van der Waals surface area contributed by atoms with Gasteiger partial charge in [0.25, 0.3) is 0 Å². The molecule has 4 unspecified atom stereocenters. The maximum atomic E-state index is 13.1. The molecule has 4 aliphatic carbocycles. The summed E-state index contributed by atoms with van der Waals surface area (Å²) >= 11 is 0. The minimum absolute atomic E-state index is 0.0554. The van der Waals surface area contributed by atoms with Crippen LogP contribution in [0.15, 0.2) is 5.16 Å². The van der Waals surface area contributed by atoms with Crippen LogP contribution in [0.1, 0.15) is 65.2 Å². The summed E-state index contributed by atoms with van der Waals surface area (Å²) in [6.45, 7) is 5.39. The zero-order valence-corrected chi connectivity index (χ0v) is 16.1. The van der Waals surface area contributed by atoms with E-state index in [0.29, 0.717) is 55.3 Å². The number of oxime groups is 1. The summed E-state index contributed by atoms with van der Waals surface area (Å²) in [4.78, 5) is 30.9. The van der Waals surface area contributed by atoms with E-state index in [2.05, 4.69) is 19.0 Å². The first-order chi connectivity index (χ1) is 12.4. The van der Waals surface area contributed by atoms with Gasteiger partial charge in [-0.2, -0.15) is 0 Å². The molecule has 26 heavy (non-hydrogen) atoms. The van der Waals surface area contributed by atoms with Crippen LogP contribution in [0.2, 0.25) is 0 Å². The quantitative estimate of drug-likeness (QED) is 0.619. The number of carbonyl (C=O) groups excluding carboxylic acids is 2. The molecule has 5 nitrogen and oxygen atoms in total. The Morgan fingerprint density at radius 3 is 2.69 bits per heavy atom. The van der Waals surface area contributed by atoms with Crippen LogP contribution in [0, 0.1) is 34.5 Å². The lowest BCUT2D eigenvalue weighted by Gasteiger charge is -2.58. The number of rotatable bonds is 3. The van der Waals surface area contributed by atoms with Gasteiger partial charge in [0.15, 0.2) is 0 Å². The van der Waals surface area contributed by atoms with E-state index in [1.165, 1.54) is 0 Å². The molecule has 4 rings (SSSR count). The van der Waals surface area contributed by atoms with Crippen molar-refractivity contribution in [1.29, 1.82) is 0 Å². The van der Waals surface area contributed by atoms with Gasteiger partial charge in [0.2, 0.25) is 0 Å². The molecule has 0 aliphatic heterocycles. The highest BCUT2D eigenvalue weighted by atomic mass is 16.6. The predicted octanol–water partition coefficient (Wildman–Crippen LogP) is 3.11. The Morgan fingerprint density at radius 1 is 1.12 bits per heavy atom. The highest BCUT2D eigenvalue weighted by molar-refractivity contribution is 5.93. The Bertz CT molecular complexity index is 645. The Morgan fingerprint density at radius 2 is 1.92 bits per heavy atom. The zero-order valence-electron chi connectivity index (χ0n) is 16.1. The van der Waals surface area contributed by atoms with Crippen molar-refractivity contribution in [2.24, 2.45) is 45.4 Å². The number of Topliss-reactive ketones (excluding diaryl/α,β-unsaturated/α-hetero) is 2. The molecule has 0 saturated heterocycles. The van der Waals surface area contributed by atoms with Gasteiger partial charge in [-0.15, -0.1) is 0 Å². The number of carbonyl (C=O) groups is 2. The van der Waals surface area contributed by atoms with Crippen LogP contribution in [0.25, 0.3) is 0 Å². The lowest BCUT2D eigenvalue weighted by molar-refractivity contribution is -0.152. The fraction of sp³-hybridized carbons (Fsp3) is 0.857. The molecule has 2 N–H and O–H groups in total. The zero-order chi connectivity index (χ0) is 18.5. The van der Waals surface area contributed by atoms with E-state index in [1.54, 1.807) is 0 Å². The lowest BCUT2D eigenvalue weighted by atomic mass is 9.45. The van der Waals surface area contributed by atoms with Crippen molar-refractivity contribution < 1.29 is 14.4 Å². The van der Waals surface area contributed by atoms with E-state index in [9.17, 15) is 9.59 Å². The molecule has 0 bridgehead atoms. The van der Waals surface area contributed by atoms with Crippen molar-refractivity contribution in [1.82, 2.24) is 0 Å². The molecule has 4 saturated carbocycles. The molecule has 0 radical (unpaired) electrons. The molecule has 0 spiro atoms. The highest BCUT2D eigenvalue weighted by Crippen LogP contribution is 2.64. The third kappa shape index (κ3) is 2.57. The number of fused-ring (bicyclic) bond motifs is 5. The maximum Gasteiger partial charge on any atom is 0.139 e. The molecule has 6 atom stereocenters. The third-order valence-corrected chi connectivity index (χ3v) is 8.41. The van der Waals surface area contributed by atoms with Crippen LogP contribution in [0.4, 0.5) is 0 Å². The van der Waals surface area contributed by atoms with Crippen molar-refractivity contribution in [3.05, 3.63) is 0 Å². The molecule has 0 aromatic rings. The highest BCUT2D eigenvalue weighted by Gasteiger charge is 2.62. The molecule has 0 amide bonds. The van der Waals surface area contributed by atoms with E-state index in [1.807, 2.05) is 0 Å². The maximum absolute atomic E-state index is 13.1. The Kier molecular flexibility index (Phi) is 4.49. The Balaban J connectivity index is 1.57. The normalized spacial score (nSPS) is 46.7. The second kappa shape index (κ2) is 6.43. The summed E-state index contributed by atoms with van der Waals surface area (Å²) in [6, 6.07) is 0. The van der Waals surface area contributed by atoms with Gasteiger partial charge in [0, 0.05) is 30.7 Å². The Labute approximate surface area is 156 Å². The summed E-state index contributed by atoms with van der Waals surface area (Å²) in [5.41, 5.74) is 6.37. The van der Waals surface area contributed by atoms with Crippen LogP contribution >= 0.6 is 0 Å². The third-order valence-electron chi connectivity index (χ3n) is 8.41. The average Bonchev–Trinajstić information content (AvgIpc) is 2.92. The number of hydrogen-bond donors (Lipinski definition) is 1. The van der Waals surface area contributed by atoms with Crippen molar-refractivity contribution in [2.75, 3.05) is 13.2 Å². The topological polar surface area (TPSA) is 81.8 Å². The minimum Gasteiger partial charge on any atom is -0.395 e. The average molecular weight is 360 g/mol. The minimum atomic E-state index is -0.165. The van der Waals surface area contributed by atoms with E-state index in [-0.39, 0.29) is 16.7 Å². The summed E-state index contributed by atoms with van der Waals surface area (Å²) < 4.78 is 0. The van der Waals surface area contributed by atoms with Gasteiger partial charge in [-0.3, -0.25) is 9.59 Å². The molecule has 5 heteroatoms. The molecule has 0 heterocycles. The SMILES string of the molecule is C[C@]12CC/C(=N/OCCN)CC1C(=O)CC1C2CC[C@]2(C)C(=O)CCC12. The monoisotopic (exact) mass is 360 g/mol. The van der Waals surface area contributed by atoms with Crippen LogP contribution in [-0.4, -0.2) is 30.4 Å². The molecular weight excluding hydrogens is 328 g/mol. The molecular formula is C21H32N2O3. The van der Waals surface area contributed by atoms with Gasteiger partial charge in [0.05, 0.1) is 5.71 Å². The van der Waals surface area contributed by atoms with Crippen molar-refractivity contribution in [3.8, 4) is 0 Å². The summed E-state index contributed by atoms with van der Waals surface area (Å²) in [5, 5.41) is 4.25. The molecule has 144 valence electrons. The second-order valence-corrected chi connectivity index (χ2v) is 9.51. The largest absolute Gasteiger partial charge is 0.395 e. The van der Waals surface area contributed by atoms with E-state index >= 15 is 0 Å². The second-order valence-electron chi connectivity index (χ2n) is 9.51. The van der Waals surface area contributed by atoms with E-state index < -0.39 is 0 Å². The molecule has 4 fully saturated rings. The first-order valence-corrected chi connectivity index (χ1v) is 10.3. The fourth-order valence-corrected chi connectivity index (χ4v) is 6.89. The molecule has 0 aromatic carbocycles. The summed E-state index contributed by atoms with van der Waals surface area (Å²) in [5.74, 6) is 2.29. The summed E-state index contributed by atoms with van der Waals surface area (Å²) in [7, 11) is 0. The van der Waals surface area contributed by atoms with Crippen molar-refractivity contribution in [2.45, 2.75) is 65.2 Å². The van der Waals surface area contributed by atoms with Gasteiger partial charge < -0.3 is 10.6 Å². The van der Waals surface area contributed by atoms with Crippen LogP contribution in [0.5, 0.6) is 0 Å². The smallest absolute Gasteiger partial charge is 0.139 e. The van der Waals surface area contributed by atoms with Crippen molar-refractivity contribution in [3.63, 3.8) is 0 Å². The number of nitrogens with two attached hydrogens (primary N) is 1. The molecule has 0 aromatic heterocycles. The van der Waals surface area contributed by atoms with E-state index in [4.69, 9.17) is 10.6 Å². The first kappa shape index (κ1) is 18.1. The van der Waals surface area contributed by atoms with Gasteiger partial charge in [-0.05, 0) is 61.7 Å². The first-order valence-electron chi connectivity index (χ1n) is 10.3.